The van der Waals surface area contributed by atoms with Gasteiger partial charge in [-0.1, -0.05) is 6.07 Å². The molecule has 31 heavy (non-hydrogen) atoms. The second kappa shape index (κ2) is 9.36. The summed E-state index contributed by atoms with van der Waals surface area (Å²) in [6.07, 6.45) is 3.19. The summed E-state index contributed by atoms with van der Waals surface area (Å²) in [7, 11) is 0. The van der Waals surface area contributed by atoms with Gasteiger partial charge in [-0.15, -0.1) is 0 Å². The Bertz CT molecular complexity index is 1080. The highest BCUT2D eigenvalue weighted by Crippen LogP contribution is 2.19. The van der Waals surface area contributed by atoms with Crippen molar-refractivity contribution in [1.29, 1.82) is 0 Å². The lowest BCUT2D eigenvalue weighted by molar-refractivity contribution is -0.00626. The van der Waals surface area contributed by atoms with Crippen LogP contribution in [-0.4, -0.2) is 68.9 Å². The van der Waals surface area contributed by atoms with Gasteiger partial charge in [-0.05, 0) is 31.9 Å². The van der Waals surface area contributed by atoms with Crippen molar-refractivity contribution in [1.82, 2.24) is 24.8 Å². The van der Waals surface area contributed by atoms with Crippen LogP contribution in [0.3, 0.4) is 0 Å². The summed E-state index contributed by atoms with van der Waals surface area (Å²) >= 11 is 0. The zero-order valence-electron chi connectivity index (χ0n) is 17.4. The number of anilines is 2. The van der Waals surface area contributed by atoms with Crippen LogP contribution in [0.4, 0.5) is 16.0 Å². The van der Waals surface area contributed by atoms with Crippen LogP contribution >= 0.6 is 0 Å². The van der Waals surface area contributed by atoms with Crippen LogP contribution in [0, 0.1) is 12.7 Å². The molecule has 3 aromatic rings. The molecule has 10 heteroatoms. The van der Waals surface area contributed by atoms with Gasteiger partial charge in [0.1, 0.15) is 17.6 Å². The van der Waals surface area contributed by atoms with Crippen molar-refractivity contribution in [2.24, 2.45) is 0 Å². The Morgan fingerprint density at radius 3 is 2.71 bits per heavy atom. The van der Waals surface area contributed by atoms with E-state index in [4.69, 9.17) is 0 Å². The minimum absolute atomic E-state index is 0.147. The molecule has 0 bridgehead atoms. The molecule has 9 nitrogen and oxygen atoms in total. The Balaban J connectivity index is 1.25. The normalized spacial score (nSPS) is 15.9. The molecule has 164 valence electrons. The lowest BCUT2D eigenvalue weighted by atomic mass is 10.2. The number of H-pyrrole nitrogens is 1. The number of nitrogens with zero attached hydrogens (tertiary/aromatic N) is 5. The first-order valence-corrected chi connectivity index (χ1v) is 10.4. The maximum atomic E-state index is 13.0. The zero-order valence-corrected chi connectivity index (χ0v) is 17.4. The molecule has 0 amide bonds. The zero-order chi connectivity index (χ0) is 21.8. The fourth-order valence-corrected chi connectivity index (χ4v) is 3.80. The Morgan fingerprint density at radius 1 is 1.23 bits per heavy atom. The van der Waals surface area contributed by atoms with Crippen LogP contribution in [0.1, 0.15) is 18.7 Å². The van der Waals surface area contributed by atoms with Gasteiger partial charge in [0.05, 0.1) is 23.5 Å². The number of aromatic nitrogens is 4. The number of aliphatic hydroxyl groups is 1. The van der Waals surface area contributed by atoms with Gasteiger partial charge in [0.2, 0.25) is 5.95 Å². The summed E-state index contributed by atoms with van der Waals surface area (Å²) < 4.78 is 13.0. The fourth-order valence-electron chi connectivity index (χ4n) is 3.80. The number of piperazine rings is 1. The Morgan fingerprint density at radius 2 is 1.97 bits per heavy atom. The maximum absolute atomic E-state index is 13.0. The predicted molar refractivity (Wildman–Crippen MR) is 117 cm³/mol. The highest BCUT2D eigenvalue weighted by atomic mass is 19.1. The molecular formula is C21H26FN7O2. The quantitative estimate of drug-likeness (QED) is 0.487. The maximum Gasteiger partial charge on any atom is 0.258 e. The van der Waals surface area contributed by atoms with Crippen LogP contribution < -0.4 is 15.8 Å². The van der Waals surface area contributed by atoms with E-state index in [1.807, 2.05) is 21.9 Å². The molecule has 1 saturated heterocycles. The number of aliphatic hydroxyl groups excluding tert-OH is 1. The van der Waals surface area contributed by atoms with E-state index < -0.39 is 12.0 Å². The number of aromatic amines is 1. The highest BCUT2D eigenvalue weighted by Gasteiger charge is 2.23. The van der Waals surface area contributed by atoms with Gasteiger partial charge in [0.15, 0.2) is 5.82 Å². The number of hydrogen-bond acceptors (Lipinski definition) is 8. The molecule has 4 rings (SSSR count). The first-order chi connectivity index (χ1) is 15.0. The summed E-state index contributed by atoms with van der Waals surface area (Å²) in [5, 5.41) is 14.4. The summed E-state index contributed by atoms with van der Waals surface area (Å²) in [5.74, 6) is 0.637. The number of halogens is 1. The summed E-state index contributed by atoms with van der Waals surface area (Å²) in [5.41, 5.74) is 1.32. The average molecular weight is 427 g/mol. The predicted octanol–water partition coefficient (Wildman–Crippen LogP) is 1.49. The van der Waals surface area contributed by atoms with E-state index in [-0.39, 0.29) is 5.56 Å². The standard InChI is InChI=1S/C21H26FN7O2/c1-14-26-19-16(20(31)27-14)4-2-5-17(19)23-7-3-6-18(30)28-8-10-29(11-9-28)21-24-12-15(22)13-25-21/h2,4-5,12-13,18,23,30H,3,6-11H2,1H3,(H,26,27,31). The van der Waals surface area contributed by atoms with Gasteiger partial charge in [0.25, 0.3) is 5.56 Å². The van der Waals surface area contributed by atoms with Crippen molar-refractivity contribution < 1.29 is 9.50 Å². The van der Waals surface area contributed by atoms with E-state index in [9.17, 15) is 14.3 Å². The van der Waals surface area contributed by atoms with E-state index in [1.54, 1.807) is 13.0 Å². The number of rotatable bonds is 7. The monoisotopic (exact) mass is 427 g/mol. The van der Waals surface area contributed by atoms with Gasteiger partial charge in [0, 0.05) is 32.7 Å². The Labute approximate surface area is 179 Å². The third-order valence-corrected chi connectivity index (χ3v) is 5.43. The third kappa shape index (κ3) is 4.97. The average Bonchev–Trinajstić information content (AvgIpc) is 2.77. The summed E-state index contributed by atoms with van der Waals surface area (Å²) in [6.45, 7) is 5.14. The molecule has 3 N–H and O–H groups in total. The molecule has 3 heterocycles. The van der Waals surface area contributed by atoms with Crippen LogP contribution in [-0.2, 0) is 0 Å². The van der Waals surface area contributed by atoms with Crippen molar-refractivity contribution in [3.05, 3.63) is 52.6 Å². The second-order valence-electron chi connectivity index (χ2n) is 7.63. The van der Waals surface area contributed by atoms with Gasteiger partial charge < -0.3 is 20.3 Å². The molecule has 0 saturated carbocycles. The van der Waals surface area contributed by atoms with Gasteiger partial charge in [-0.25, -0.2) is 19.3 Å². The van der Waals surface area contributed by atoms with E-state index in [0.29, 0.717) is 61.8 Å². The number of hydrogen-bond donors (Lipinski definition) is 3. The lowest BCUT2D eigenvalue weighted by Crippen LogP contribution is -2.50. The van der Waals surface area contributed by atoms with E-state index >= 15 is 0 Å². The number of benzene rings is 1. The second-order valence-corrected chi connectivity index (χ2v) is 7.63. The number of para-hydroxylation sites is 1. The molecule has 1 aliphatic rings. The third-order valence-electron chi connectivity index (χ3n) is 5.43. The highest BCUT2D eigenvalue weighted by molar-refractivity contribution is 5.89. The molecule has 0 radical (unpaired) electrons. The van der Waals surface area contributed by atoms with E-state index in [0.717, 1.165) is 12.1 Å². The summed E-state index contributed by atoms with van der Waals surface area (Å²) in [4.78, 5) is 31.3. The lowest BCUT2D eigenvalue weighted by Gasteiger charge is -2.37. The number of aryl methyl sites for hydroxylation is 1. The van der Waals surface area contributed by atoms with Crippen LogP contribution in [0.25, 0.3) is 10.9 Å². The minimum Gasteiger partial charge on any atom is -0.383 e. The molecule has 1 fully saturated rings. The topological polar surface area (TPSA) is 110 Å². The van der Waals surface area contributed by atoms with Crippen molar-refractivity contribution in [2.75, 3.05) is 42.9 Å². The molecule has 2 aromatic heterocycles. The molecule has 0 aliphatic carbocycles. The van der Waals surface area contributed by atoms with Crippen molar-refractivity contribution >= 4 is 22.5 Å². The molecule has 1 aliphatic heterocycles. The Kier molecular flexibility index (Phi) is 6.38. The van der Waals surface area contributed by atoms with Crippen LogP contribution in [0.15, 0.2) is 35.4 Å². The SMILES string of the molecule is Cc1nc2c(NCCCC(O)N3CCN(c4ncc(F)cn4)CC3)cccc2c(=O)[nH]1. The molecular weight excluding hydrogens is 401 g/mol. The van der Waals surface area contributed by atoms with Gasteiger partial charge in [-0.2, -0.15) is 0 Å². The molecule has 1 aromatic carbocycles. The van der Waals surface area contributed by atoms with Gasteiger partial charge >= 0.3 is 0 Å². The Hall–Kier alpha value is -3.11. The van der Waals surface area contributed by atoms with E-state index in [1.165, 1.54) is 12.4 Å². The molecule has 1 atom stereocenters. The van der Waals surface area contributed by atoms with Crippen LogP contribution in [0.2, 0.25) is 0 Å². The van der Waals surface area contributed by atoms with E-state index in [2.05, 4.69) is 25.3 Å². The van der Waals surface area contributed by atoms with Crippen LogP contribution in [0.5, 0.6) is 0 Å². The summed E-state index contributed by atoms with van der Waals surface area (Å²) in [6, 6.07) is 5.49. The van der Waals surface area contributed by atoms with Crippen molar-refractivity contribution in [3.8, 4) is 0 Å². The number of nitrogens with one attached hydrogen (secondary N) is 2. The molecule has 0 spiro atoms. The van der Waals surface area contributed by atoms with Crippen molar-refractivity contribution in [3.63, 3.8) is 0 Å². The number of fused-ring (bicyclic) bond motifs is 1. The molecule has 1 unspecified atom stereocenters. The van der Waals surface area contributed by atoms with Gasteiger partial charge in [-0.3, -0.25) is 9.69 Å². The van der Waals surface area contributed by atoms with Crippen molar-refractivity contribution in [2.45, 2.75) is 26.0 Å². The largest absolute Gasteiger partial charge is 0.383 e. The smallest absolute Gasteiger partial charge is 0.258 e. The minimum atomic E-state index is -0.534. The first-order valence-electron chi connectivity index (χ1n) is 10.4. The first kappa shape index (κ1) is 21.1. The fraction of sp³-hybridized carbons (Fsp3) is 0.429.